The van der Waals surface area contributed by atoms with E-state index in [4.69, 9.17) is 4.74 Å². The molecule has 2 rings (SSSR count). The number of ether oxygens (including phenoxy) is 1. The van der Waals surface area contributed by atoms with Crippen LogP contribution in [-0.4, -0.2) is 31.0 Å². The Morgan fingerprint density at radius 2 is 2.04 bits per heavy atom. The zero-order chi connectivity index (χ0) is 16.4. The van der Waals surface area contributed by atoms with Crippen molar-refractivity contribution in [3.63, 3.8) is 0 Å². The lowest BCUT2D eigenvalue weighted by Gasteiger charge is -2.21. The van der Waals surface area contributed by atoms with E-state index >= 15 is 0 Å². The van der Waals surface area contributed by atoms with Crippen LogP contribution in [0.2, 0.25) is 0 Å². The van der Waals surface area contributed by atoms with Crippen LogP contribution in [0, 0.1) is 0 Å². The minimum absolute atomic E-state index is 0.135. The van der Waals surface area contributed by atoms with Gasteiger partial charge in [0.1, 0.15) is 6.61 Å². The maximum absolute atomic E-state index is 11.8. The van der Waals surface area contributed by atoms with Crippen LogP contribution in [0.25, 0.3) is 0 Å². The quantitative estimate of drug-likeness (QED) is 0.705. The first-order valence-electron chi connectivity index (χ1n) is 8.15. The number of nitrogens with zero attached hydrogens (tertiary/aromatic N) is 3. The molecule has 1 aliphatic heterocycles. The summed E-state index contributed by atoms with van der Waals surface area (Å²) < 4.78 is 5.31. The second-order valence-electron chi connectivity index (χ2n) is 5.76. The third-order valence-electron chi connectivity index (χ3n) is 3.70. The molecule has 0 spiro atoms. The number of hydrogen-bond acceptors (Lipinski definition) is 5. The molecule has 1 amide bonds. The first-order valence-corrected chi connectivity index (χ1v) is 8.15. The number of carbonyl (C=O) groups is 1. The fourth-order valence-electron chi connectivity index (χ4n) is 2.41. The molecular weight excluding hydrogens is 292 g/mol. The first kappa shape index (κ1) is 17.1. The number of rotatable bonds is 9. The lowest BCUT2D eigenvalue weighted by atomic mass is 9.94. The highest BCUT2D eigenvalue weighted by Crippen LogP contribution is 2.21. The minimum atomic E-state index is -0.694. The van der Waals surface area contributed by atoms with Crippen molar-refractivity contribution in [1.29, 1.82) is 0 Å². The molecule has 1 atom stereocenters. The van der Waals surface area contributed by atoms with Crippen molar-refractivity contribution < 1.29 is 9.53 Å². The van der Waals surface area contributed by atoms with E-state index in [0.717, 1.165) is 18.4 Å². The Labute approximate surface area is 137 Å². The molecule has 6 heteroatoms. The van der Waals surface area contributed by atoms with Gasteiger partial charge in [-0.1, -0.05) is 56.5 Å². The molecule has 0 saturated carbocycles. The van der Waals surface area contributed by atoms with Crippen LogP contribution in [0.1, 0.15) is 38.2 Å². The molecule has 23 heavy (non-hydrogen) atoms. The minimum Gasteiger partial charge on any atom is -0.446 e. The molecular formula is C17H24N4O2. The topological polar surface area (TPSA) is 75.4 Å². The molecule has 0 aromatic heterocycles. The molecule has 1 aromatic carbocycles. The number of carbonyl (C=O) groups excluding carboxylic acids is 1. The fourth-order valence-corrected chi connectivity index (χ4v) is 2.41. The van der Waals surface area contributed by atoms with Crippen molar-refractivity contribution in [2.45, 2.75) is 44.6 Å². The molecule has 0 saturated heterocycles. The zero-order valence-electron chi connectivity index (χ0n) is 13.6. The summed E-state index contributed by atoms with van der Waals surface area (Å²) in [6.07, 6.45) is 6.29. The average Bonchev–Trinajstić information content (AvgIpc) is 3.02. The summed E-state index contributed by atoms with van der Waals surface area (Å²) in [5, 5.41) is 14.4. The average molecular weight is 316 g/mol. The Morgan fingerprint density at radius 3 is 2.74 bits per heavy atom. The molecule has 6 nitrogen and oxygen atoms in total. The number of hydrogen-bond donors (Lipinski definition) is 1. The molecule has 0 radical (unpaired) electrons. The van der Waals surface area contributed by atoms with Crippen molar-refractivity contribution in [2.24, 2.45) is 15.4 Å². The first-order chi connectivity index (χ1) is 11.2. The van der Waals surface area contributed by atoms with Crippen LogP contribution in [0.4, 0.5) is 4.79 Å². The molecule has 1 aromatic rings. The summed E-state index contributed by atoms with van der Waals surface area (Å²) in [6, 6.07) is 9.92. The smallest absolute Gasteiger partial charge is 0.407 e. The number of benzene rings is 1. The SMILES string of the molecule is CCCCCCNC(=O)OCC1(Cc2ccccc2)C=NN=N1. The van der Waals surface area contributed by atoms with E-state index < -0.39 is 11.6 Å². The second kappa shape index (κ2) is 9.02. The Balaban J connectivity index is 1.78. The van der Waals surface area contributed by atoms with Gasteiger partial charge in [-0.25, -0.2) is 4.79 Å². The van der Waals surface area contributed by atoms with Gasteiger partial charge in [0.15, 0.2) is 5.54 Å². The van der Waals surface area contributed by atoms with Crippen LogP contribution in [0.5, 0.6) is 0 Å². The van der Waals surface area contributed by atoms with Gasteiger partial charge in [0.05, 0.1) is 6.21 Å². The van der Waals surface area contributed by atoms with Gasteiger partial charge in [0, 0.05) is 13.0 Å². The van der Waals surface area contributed by atoms with Crippen LogP contribution in [0.15, 0.2) is 45.8 Å². The molecule has 1 unspecified atom stereocenters. The van der Waals surface area contributed by atoms with E-state index in [1.807, 2.05) is 30.3 Å². The van der Waals surface area contributed by atoms with Gasteiger partial charge in [-0.3, -0.25) is 0 Å². The van der Waals surface area contributed by atoms with E-state index in [1.165, 1.54) is 12.8 Å². The lowest BCUT2D eigenvalue weighted by molar-refractivity contribution is 0.131. The molecule has 0 bridgehead atoms. The Kier molecular flexibility index (Phi) is 6.72. The van der Waals surface area contributed by atoms with E-state index in [-0.39, 0.29) is 6.61 Å². The summed E-state index contributed by atoms with van der Waals surface area (Å²) in [6.45, 7) is 2.93. The predicted octanol–water partition coefficient (Wildman–Crippen LogP) is 3.73. The Bertz CT molecular complexity index is 531. The molecule has 1 aliphatic rings. The van der Waals surface area contributed by atoms with Crippen molar-refractivity contribution in [3.8, 4) is 0 Å². The number of nitrogens with one attached hydrogen (secondary N) is 1. The van der Waals surface area contributed by atoms with Crippen LogP contribution < -0.4 is 5.32 Å². The van der Waals surface area contributed by atoms with Crippen LogP contribution in [-0.2, 0) is 11.2 Å². The van der Waals surface area contributed by atoms with E-state index in [1.54, 1.807) is 6.21 Å². The number of amides is 1. The largest absolute Gasteiger partial charge is 0.446 e. The van der Waals surface area contributed by atoms with Gasteiger partial charge in [0.25, 0.3) is 0 Å². The standard InChI is InChI=1S/C17H24N4O2/c1-2-3-4-8-11-18-16(22)23-14-17(13-19-21-20-17)12-15-9-6-5-7-10-15/h5-7,9-10,13H,2-4,8,11-12,14H2,1H3,(H,18,22). The monoisotopic (exact) mass is 316 g/mol. The van der Waals surface area contributed by atoms with Gasteiger partial charge in [-0.2, -0.15) is 5.11 Å². The molecule has 0 aliphatic carbocycles. The number of unbranched alkanes of at least 4 members (excludes halogenated alkanes) is 3. The second-order valence-corrected chi connectivity index (χ2v) is 5.76. The lowest BCUT2D eigenvalue weighted by Crippen LogP contribution is -2.38. The molecule has 124 valence electrons. The third-order valence-corrected chi connectivity index (χ3v) is 3.70. The van der Waals surface area contributed by atoms with E-state index in [2.05, 4.69) is 27.7 Å². The van der Waals surface area contributed by atoms with Gasteiger partial charge in [-0.05, 0) is 17.2 Å². The fraction of sp³-hybridized carbons (Fsp3) is 0.529. The van der Waals surface area contributed by atoms with E-state index in [0.29, 0.717) is 13.0 Å². The van der Waals surface area contributed by atoms with E-state index in [9.17, 15) is 4.79 Å². The van der Waals surface area contributed by atoms with Crippen molar-refractivity contribution in [1.82, 2.24) is 5.32 Å². The summed E-state index contributed by atoms with van der Waals surface area (Å²) in [7, 11) is 0. The summed E-state index contributed by atoms with van der Waals surface area (Å²) in [4.78, 5) is 11.8. The highest BCUT2D eigenvalue weighted by molar-refractivity contribution is 5.74. The predicted molar refractivity (Wildman–Crippen MR) is 89.7 cm³/mol. The summed E-state index contributed by atoms with van der Waals surface area (Å²) >= 11 is 0. The Morgan fingerprint density at radius 1 is 1.22 bits per heavy atom. The van der Waals surface area contributed by atoms with Gasteiger partial charge in [0.2, 0.25) is 0 Å². The third kappa shape index (κ3) is 5.81. The molecule has 0 fully saturated rings. The number of alkyl carbamates (subject to hydrolysis) is 1. The van der Waals surface area contributed by atoms with Gasteiger partial charge >= 0.3 is 6.09 Å². The molecule has 1 N–H and O–H groups in total. The van der Waals surface area contributed by atoms with Crippen molar-refractivity contribution in [2.75, 3.05) is 13.2 Å². The zero-order valence-corrected chi connectivity index (χ0v) is 13.6. The summed E-state index contributed by atoms with van der Waals surface area (Å²) in [5.41, 5.74) is 0.407. The van der Waals surface area contributed by atoms with Crippen molar-refractivity contribution >= 4 is 12.3 Å². The van der Waals surface area contributed by atoms with Crippen LogP contribution >= 0.6 is 0 Å². The highest BCUT2D eigenvalue weighted by atomic mass is 16.5. The Hall–Kier alpha value is -2.24. The van der Waals surface area contributed by atoms with Gasteiger partial charge in [-0.15, -0.1) is 5.10 Å². The maximum Gasteiger partial charge on any atom is 0.407 e. The van der Waals surface area contributed by atoms with Gasteiger partial charge < -0.3 is 10.1 Å². The molecule has 1 heterocycles. The van der Waals surface area contributed by atoms with Crippen LogP contribution in [0.3, 0.4) is 0 Å². The normalized spacial score (nSPS) is 19.0. The summed E-state index contributed by atoms with van der Waals surface area (Å²) in [5.74, 6) is 0. The highest BCUT2D eigenvalue weighted by Gasteiger charge is 2.33. The van der Waals surface area contributed by atoms with Crippen molar-refractivity contribution in [3.05, 3.63) is 35.9 Å². The maximum atomic E-state index is 11.8.